The molecule has 1 heterocycles. The highest BCUT2D eigenvalue weighted by molar-refractivity contribution is 5.70. The van der Waals surface area contributed by atoms with Crippen LogP contribution in [-0.4, -0.2) is 9.13 Å². The molecule has 3 rings (SSSR count). The third-order valence-electron chi connectivity index (χ3n) is 4.69. The van der Waals surface area contributed by atoms with Gasteiger partial charge in [0.15, 0.2) is 0 Å². The van der Waals surface area contributed by atoms with Gasteiger partial charge in [-0.3, -0.25) is 13.9 Å². The van der Waals surface area contributed by atoms with E-state index in [0.717, 1.165) is 27.7 Å². The van der Waals surface area contributed by atoms with Gasteiger partial charge in [0.25, 0.3) is 5.56 Å². The fourth-order valence-electron chi connectivity index (χ4n) is 3.26. The number of rotatable bonds is 5. The fourth-order valence-corrected chi connectivity index (χ4v) is 3.26. The zero-order valence-electron chi connectivity index (χ0n) is 15.5. The smallest absolute Gasteiger partial charge is 0.293 e. The van der Waals surface area contributed by atoms with Crippen molar-refractivity contribution in [1.82, 2.24) is 9.13 Å². The van der Waals surface area contributed by atoms with Crippen molar-refractivity contribution in [2.24, 2.45) is 7.05 Å². The lowest BCUT2D eigenvalue weighted by molar-refractivity contribution is 0.606. The normalized spacial score (nSPS) is 10.6. The average Bonchev–Trinajstić information content (AvgIpc) is 2.70. The van der Waals surface area contributed by atoms with E-state index in [1.165, 1.54) is 13.1 Å². The highest BCUT2D eigenvalue weighted by Crippen LogP contribution is 2.27. The highest BCUT2D eigenvalue weighted by Gasteiger charge is 2.15. The molecule has 136 valence electrons. The fraction of sp³-hybridized carbons (Fsp3) is 0.227. The minimum atomic E-state index is -0.363. The molecule has 1 aromatic heterocycles. The second kappa shape index (κ2) is 7.88. The van der Waals surface area contributed by atoms with Crippen LogP contribution in [0, 0.1) is 11.3 Å². The predicted octanol–water partition coefficient (Wildman–Crippen LogP) is 3.09. The van der Waals surface area contributed by atoms with Gasteiger partial charge in [-0.05, 0) is 29.2 Å². The maximum absolute atomic E-state index is 12.8. The van der Waals surface area contributed by atoms with Crippen LogP contribution < -0.4 is 11.2 Å². The molecule has 0 amide bonds. The molecule has 0 N–H and O–H groups in total. The summed E-state index contributed by atoms with van der Waals surface area (Å²) in [6.07, 6.45) is 1.44. The summed E-state index contributed by atoms with van der Waals surface area (Å²) in [4.78, 5) is 24.8. The first-order valence-electron chi connectivity index (χ1n) is 8.94. The first-order chi connectivity index (χ1) is 13.1. The topological polar surface area (TPSA) is 67.8 Å². The summed E-state index contributed by atoms with van der Waals surface area (Å²) in [6, 6.07) is 19.1. The lowest BCUT2D eigenvalue weighted by Crippen LogP contribution is -2.39. The highest BCUT2D eigenvalue weighted by atomic mass is 16.2. The van der Waals surface area contributed by atoms with Crippen LogP contribution in [0.15, 0.2) is 64.2 Å². The van der Waals surface area contributed by atoms with E-state index in [9.17, 15) is 14.9 Å². The summed E-state index contributed by atoms with van der Waals surface area (Å²) >= 11 is 0. The van der Waals surface area contributed by atoms with Crippen molar-refractivity contribution < 1.29 is 0 Å². The molecule has 0 unspecified atom stereocenters. The molecule has 5 nitrogen and oxygen atoms in total. The monoisotopic (exact) mass is 359 g/mol. The standard InChI is InChI=1S/C22H21N3O2/c1-3-8-18-13-21(26)24(2)22(27)25(18)15-20-17(14-23)11-7-12-19(20)16-9-5-4-6-10-16/h4-7,9-13H,3,8,15H2,1-2H3. The summed E-state index contributed by atoms with van der Waals surface area (Å²) in [6.45, 7) is 2.25. The van der Waals surface area contributed by atoms with Gasteiger partial charge in [0.05, 0.1) is 18.2 Å². The van der Waals surface area contributed by atoms with Gasteiger partial charge >= 0.3 is 5.69 Å². The van der Waals surface area contributed by atoms with Gasteiger partial charge in [-0.2, -0.15) is 5.26 Å². The summed E-state index contributed by atoms with van der Waals surface area (Å²) in [5.41, 5.74) is 3.23. The van der Waals surface area contributed by atoms with Crippen LogP contribution in [0.1, 0.15) is 30.2 Å². The molecule has 0 spiro atoms. The number of hydrogen-bond acceptors (Lipinski definition) is 3. The molecule has 27 heavy (non-hydrogen) atoms. The molecule has 2 aromatic carbocycles. The minimum absolute atomic E-state index is 0.246. The molecule has 0 aliphatic rings. The molecule has 0 aliphatic heterocycles. The third kappa shape index (κ3) is 3.61. The Morgan fingerprint density at radius 2 is 1.78 bits per heavy atom. The Kier molecular flexibility index (Phi) is 5.37. The van der Waals surface area contributed by atoms with Crippen LogP contribution in [0.3, 0.4) is 0 Å². The van der Waals surface area contributed by atoms with Crippen LogP contribution in [0.5, 0.6) is 0 Å². The van der Waals surface area contributed by atoms with Gasteiger partial charge in [0.2, 0.25) is 0 Å². The van der Waals surface area contributed by atoms with Crippen molar-refractivity contribution in [3.63, 3.8) is 0 Å². The molecule has 3 aromatic rings. The molecular weight excluding hydrogens is 338 g/mol. The van der Waals surface area contributed by atoms with E-state index in [2.05, 4.69) is 6.07 Å². The van der Waals surface area contributed by atoms with Gasteiger partial charge in [0, 0.05) is 18.8 Å². The van der Waals surface area contributed by atoms with Gasteiger partial charge in [-0.15, -0.1) is 0 Å². The SMILES string of the molecule is CCCc1cc(=O)n(C)c(=O)n1Cc1c(C#N)cccc1-c1ccccc1. The molecular formula is C22H21N3O2. The lowest BCUT2D eigenvalue weighted by Gasteiger charge is -2.17. The average molecular weight is 359 g/mol. The molecule has 0 aliphatic carbocycles. The van der Waals surface area contributed by atoms with E-state index in [1.54, 1.807) is 10.6 Å². The van der Waals surface area contributed by atoms with E-state index < -0.39 is 0 Å². The quantitative estimate of drug-likeness (QED) is 0.703. The number of aromatic nitrogens is 2. The maximum atomic E-state index is 12.8. The summed E-state index contributed by atoms with van der Waals surface area (Å²) in [5, 5.41) is 9.62. The van der Waals surface area contributed by atoms with E-state index in [1.807, 2.05) is 49.4 Å². The number of aryl methyl sites for hydroxylation is 1. The first-order valence-corrected chi connectivity index (χ1v) is 8.94. The van der Waals surface area contributed by atoms with E-state index in [-0.39, 0.29) is 17.8 Å². The Morgan fingerprint density at radius 1 is 1.04 bits per heavy atom. The van der Waals surface area contributed by atoms with Gasteiger partial charge in [0.1, 0.15) is 0 Å². The van der Waals surface area contributed by atoms with Crippen LogP contribution in [0.2, 0.25) is 0 Å². The predicted molar refractivity (Wildman–Crippen MR) is 106 cm³/mol. The van der Waals surface area contributed by atoms with Gasteiger partial charge in [-0.25, -0.2) is 4.79 Å². The Balaban J connectivity index is 2.23. The Labute approximate surface area is 157 Å². The Morgan fingerprint density at radius 3 is 2.44 bits per heavy atom. The van der Waals surface area contributed by atoms with E-state index in [0.29, 0.717) is 17.7 Å². The summed E-state index contributed by atoms with van der Waals surface area (Å²) in [7, 11) is 1.48. The number of hydrogen-bond donors (Lipinski definition) is 0. The molecule has 0 bridgehead atoms. The van der Waals surface area contributed by atoms with Crippen LogP contribution in [-0.2, 0) is 20.0 Å². The third-order valence-corrected chi connectivity index (χ3v) is 4.69. The number of nitriles is 1. The first kappa shape index (κ1) is 18.4. The second-order valence-corrected chi connectivity index (χ2v) is 6.46. The number of benzene rings is 2. The summed E-state index contributed by atoms with van der Waals surface area (Å²) in [5.74, 6) is 0. The van der Waals surface area contributed by atoms with Crippen molar-refractivity contribution in [3.05, 3.63) is 92.3 Å². The van der Waals surface area contributed by atoms with Crippen molar-refractivity contribution >= 4 is 0 Å². The molecule has 0 fully saturated rings. The molecule has 0 radical (unpaired) electrons. The van der Waals surface area contributed by atoms with Crippen LogP contribution >= 0.6 is 0 Å². The van der Waals surface area contributed by atoms with Gasteiger partial charge in [-0.1, -0.05) is 55.8 Å². The van der Waals surface area contributed by atoms with Crippen LogP contribution in [0.25, 0.3) is 11.1 Å². The number of nitrogens with zero attached hydrogens (tertiary/aromatic N) is 3. The molecule has 5 heteroatoms. The maximum Gasteiger partial charge on any atom is 0.331 e. The van der Waals surface area contributed by atoms with Crippen molar-refractivity contribution in [1.29, 1.82) is 5.26 Å². The zero-order chi connectivity index (χ0) is 19.4. The van der Waals surface area contributed by atoms with Crippen molar-refractivity contribution in [2.75, 3.05) is 0 Å². The second-order valence-electron chi connectivity index (χ2n) is 6.46. The Hall–Kier alpha value is -3.39. The van der Waals surface area contributed by atoms with E-state index in [4.69, 9.17) is 0 Å². The van der Waals surface area contributed by atoms with Crippen molar-refractivity contribution in [2.45, 2.75) is 26.3 Å². The molecule has 0 saturated carbocycles. The van der Waals surface area contributed by atoms with Crippen molar-refractivity contribution in [3.8, 4) is 17.2 Å². The minimum Gasteiger partial charge on any atom is -0.293 e. The largest absolute Gasteiger partial charge is 0.331 e. The zero-order valence-corrected chi connectivity index (χ0v) is 15.5. The Bertz CT molecular complexity index is 1120. The molecule has 0 saturated heterocycles. The van der Waals surface area contributed by atoms with Crippen LogP contribution in [0.4, 0.5) is 0 Å². The lowest BCUT2D eigenvalue weighted by atomic mass is 9.95. The van der Waals surface area contributed by atoms with Gasteiger partial charge < -0.3 is 0 Å². The summed E-state index contributed by atoms with van der Waals surface area (Å²) < 4.78 is 2.71. The van der Waals surface area contributed by atoms with E-state index >= 15 is 0 Å². The molecule has 0 atom stereocenters.